The van der Waals surface area contributed by atoms with Crippen molar-refractivity contribution in [3.8, 4) is 22.9 Å². The number of aromatic nitrogens is 4. The monoisotopic (exact) mass is 481 g/mol. The van der Waals surface area contributed by atoms with E-state index in [4.69, 9.17) is 9.47 Å². The predicted octanol–water partition coefficient (Wildman–Crippen LogP) is 2.78. The van der Waals surface area contributed by atoms with Crippen molar-refractivity contribution >= 4 is 17.7 Å². The van der Waals surface area contributed by atoms with E-state index in [1.807, 2.05) is 18.2 Å². The number of thioether (sulfide) groups is 1. The topological polar surface area (TPSA) is 100 Å². The van der Waals surface area contributed by atoms with E-state index in [0.717, 1.165) is 29.5 Å². The van der Waals surface area contributed by atoms with E-state index in [1.54, 1.807) is 0 Å². The van der Waals surface area contributed by atoms with Crippen molar-refractivity contribution < 1.29 is 32.2 Å². The Kier molecular flexibility index (Phi) is 6.87. The van der Waals surface area contributed by atoms with Crippen molar-refractivity contribution in [3.63, 3.8) is 0 Å². The fourth-order valence-corrected chi connectivity index (χ4v) is 3.71. The Morgan fingerprint density at radius 2 is 1.88 bits per heavy atom. The molecule has 1 aliphatic heterocycles. The number of nitrogens with one attached hydrogen (secondary N) is 1. The highest BCUT2D eigenvalue weighted by atomic mass is 32.2. The van der Waals surface area contributed by atoms with E-state index in [9.17, 15) is 18.0 Å². The first-order chi connectivity index (χ1) is 15.9. The van der Waals surface area contributed by atoms with Gasteiger partial charge in [-0.15, -0.1) is 18.3 Å². The summed E-state index contributed by atoms with van der Waals surface area (Å²) in [6, 6.07) is 10.8. The maximum absolute atomic E-state index is 12.3. The van der Waals surface area contributed by atoms with Crippen LogP contribution in [0.4, 0.5) is 13.2 Å². The van der Waals surface area contributed by atoms with Crippen molar-refractivity contribution in [2.24, 2.45) is 0 Å². The number of halogens is 3. The maximum atomic E-state index is 12.3. The molecular weight excluding hydrogens is 463 g/mol. The van der Waals surface area contributed by atoms with Crippen LogP contribution in [-0.4, -0.2) is 58.0 Å². The Hall–Kier alpha value is -3.48. The quantitative estimate of drug-likeness (QED) is 0.491. The fraction of sp³-hybridized carbons (Fsp3) is 0.300. The maximum Gasteiger partial charge on any atom is 0.573 e. The van der Waals surface area contributed by atoms with Crippen molar-refractivity contribution in [2.45, 2.75) is 17.9 Å². The van der Waals surface area contributed by atoms with Gasteiger partial charge in [-0.05, 0) is 58.8 Å². The lowest BCUT2D eigenvalue weighted by molar-refractivity contribution is -0.274. The number of benzene rings is 2. The molecule has 0 aliphatic carbocycles. The first kappa shape index (κ1) is 22.7. The third-order valence-corrected chi connectivity index (χ3v) is 5.35. The Bertz CT molecular complexity index is 1110. The van der Waals surface area contributed by atoms with Gasteiger partial charge in [0.2, 0.25) is 11.1 Å². The summed E-state index contributed by atoms with van der Waals surface area (Å²) in [5.74, 6) is 0.916. The van der Waals surface area contributed by atoms with Gasteiger partial charge in [-0.25, -0.2) is 0 Å². The molecule has 3 aromatic rings. The normalized spacial score (nSPS) is 12.9. The number of alkyl halides is 3. The minimum Gasteiger partial charge on any atom is -0.486 e. The van der Waals surface area contributed by atoms with Gasteiger partial charge in [0.25, 0.3) is 0 Å². The minimum atomic E-state index is -4.77. The van der Waals surface area contributed by atoms with E-state index in [1.165, 1.54) is 16.8 Å². The summed E-state index contributed by atoms with van der Waals surface area (Å²) >= 11 is 1.10. The minimum absolute atomic E-state index is 0.0663. The summed E-state index contributed by atoms with van der Waals surface area (Å²) in [5, 5.41) is 14.4. The summed E-state index contributed by atoms with van der Waals surface area (Å²) in [4.78, 5) is 12.2. The zero-order chi connectivity index (χ0) is 23.3. The lowest BCUT2D eigenvalue weighted by Gasteiger charge is -2.18. The van der Waals surface area contributed by atoms with Crippen LogP contribution in [0.2, 0.25) is 0 Å². The Balaban J connectivity index is 1.26. The molecule has 174 valence electrons. The number of tetrazole rings is 1. The standard InChI is InChI=1S/C20H18F3N5O4S/c21-20(22,23)32-15-4-2-14(3-5-15)28-19(25-26-27-28)33-12-18(29)24-8-7-13-1-6-16-17(11-13)31-10-9-30-16/h1-6,11H,7-10,12H2,(H,24,29). The number of hydrogen-bond donors (Lipinski definition) is 1. The summed E-state index contributed by atoms with van der Waals surface area (Å²) in [5.41, 5.74) is 1.44. The molecule has 0 radical (unpaired) electrons. The van der Waals surface area contributed by atoms with Crippen molar-refractivity contribution in [1.82, 2.24) is 25.5 Å². The molecule has 9 nitrogen and oxygen atoms in total. The van der Waals surface area contributed by atoms with Crippen molar-refractivity contribution in [3.05, 3.63) is 48.0 Å². The van der Waals surface area contributed by atoms with Crippen molar-refractivity contribution in [2.75, 3.05) is 25.5 Å². The molecule has 0 saturated carbocycles. The zero-order valence-electron chi connectivity index (χ0n) is 17.0. The van der Waals surface area contributed by atoms with Crippen LogP contribution in [0.1, 0.15) is 5.56 Å². The van der Waals surface area contributed by atoms with Gasteiger partial charge in [0.15, 0.2) is 11.5 Å². The Morgan fingerprint density at radius 3 is 2.64 bits per heavy atom. The molecule has 2 aromatic carbocycles. The molecule has 13 heteroatoms. The van der Waals surface area contributed by atoms with Crippen LogP contribution in [0.5, 0.6) is 17.2 Å². The Labute approximate surface area is 190 Å². The van der Waals surface area contributed by atoms with E-state index < -0.39 is 6.36 Å². The fourth-order valence-electron chi connectivity index (χ4n) is 2.99. The van der Waals surface area contributed by atoms with Crippen LogP contribution in [0.15, 0.2) is 47.6 Å². The summed E-state index contributed by atoms with van der Waals surface area (Å²) in [6.45, 7) is 1.47. The second-order valence-corrected chi connectivity index (χ2v) is 7.72. The number of nitrogens with zero attached hydrogens (tertiary/aromatic N) is 4. The lowest BCUT2D eigenvalue weighted by Crippen LogP contribution is -2.27. The highest BCUT2D eigenvalue weighted by Crippen LogP contribution is 2.30. The smallest absolute Gasteiger partial charge is 0.486 e. The summed E-state index contributed by atoms with van der Waals surface area (Å²) < 4.78 is 53.1. The van der Waals surface area contributed by atoms with Gasteiger partial charge >= 0.3 is 6.36 Å². The number of carbonyl (C=O) groups excluding carboxylic acids is 1. The second-order valence-electron chi connectivity index (χ2n) is 6.78. The van der Waals surface area contributed by atoms with Crippen molar-refractivity contribution in [1.29, 1.82) is 0 Å². The number of ether oxygens (including phenoxy) is 3. The first-order valence-corrected chi connectivity index (χ1v) is 10.8. The van der Waals surface area contributed by atoms with E-state index >= 15 is 0 Å². The van der Waals surface area contributed by atoms with E-state index in [0.29, 0.717) is 48.5 Å². The molecule has 0 atom stereocenters. The second kappa shape index (κ2) is 9.98. The SMILES string of the molecule is O=C(CSc1nnnn1-c1ccc(OC(F)(F)F)cc1)NCCc1ccc2c(c1)OCCO2. The van der Waals surface area contributed by atoms with Gasteiger partial charge in [0.05, 0.1) is 11.4 Å². The molecule has 0 fully saturated rings. The number of carbonyl (C=O) groups is 1. The van der Waals surface area contributed by atoms with Gasteiger partial charge in [-0.2, -0.15) is 4.68 Å². The molecule has 1 N–H and O–H groups in total. The van der Waals surface area contributed by atoms with Gasteiger partial charge in [0.1, 0.15) is 19.0 Å². The number of fused-ring (bicyclic) bond motifs is 1. The molecule has 0 bridgehead atoms. The zero-order valence-corrected chi connectivity index (χ0v) is 17.9. The van der Waals surface area contributed by atoms with E-state index in [-0.39, 0.29) is 17.4 Å². The molecule has 0 spiro atoms. The molecule has 2 heterocycles. The highest BCUT2D eigenvalue weighted by Gasteiger charge is 2.31. The highest BCUT2D eigenvalue weighted by molar-refractivity contribution is 7.99. The number of amides is 1. The van der Waals surface area contributed by atoms with Crippen LogP contribution >= 0.6 is 11.8 Å². The van der Waals surface area contributed by atoms with Gasteiger partial charge in [0, 0.05) is 6.54 Å². The average Bonchev–Trinajstić information content (AvgIpc) is 3.26. The third-order valence-electron chi connectivity index (χ3n) is 4.43. The molecule has 0 saturated heterocycles. The van der Waals surface area contributed by atoms with E-state index in [2.05, 4.69) is 25.6 Å². The molecule has 0 unspecified atom stereocenters. The molecule has 4 rings (SSSR count). The number of hydrogen-bond acceptors (Lipinski definition) is 8. The summed E-state index contributed by atoms with van der Waals surface area (Å²) in [6.07, 6.45) is -4.15. The Morgan fingerprint density at radius 1 is 1.12 bits per heavy atom. The van der Waals surface area contributed by atoms with Gasteiger partial charge < -0.3 is 19.5 Å². The molecule has 1 amide bonds. The largest absolute Gasteiger partial charge is 0.573 e. The van der Waals surface area contributed by atoms with Crippen LogP contribution < -0.4 is 19.5 Å². The van der Waals surface area contributed by atoms with Crippen LogP contribution in [0.25, 0.3) is 5.69 Å². The van der Waals surface area contributed by atoms with Crippen LogP contribution in [-0.2, 0) is 11.2 Å². The van der Waals surface area contributed by atoms with Crippen LogP contribution in [0.3, 0.4) is 0 Å². The van der Waals surface area contributed by atoms with Gasteiger partial charge in [-0.3, -0.25) is 4.79 Å². The molecular formula is C20H18F3N5O4S. The first-order valence-electron chi connectivity index (χ1n) is 9.80. The predicted molar refractivity (Wildman–Crippen MR) is 111 cm³/mol. The molecule has 1 aliphatic rings. The average molecular weight is 481 g/mol. The molecule has 1 aromatic heterocycles. The van der Waals surface area contributed by atoms with Crippen LogP contribution in [0, 0.1) is 0 Å². The number of rotatable bonds is 8. The van der Waals surface area contributed by atoms with Gasteiger partial charge in [-0.1, -0.05) is 17.8 Å². The molecule has 33 heavy (non-hydrogen) atoms. The third kappa shape index (κ3) is 6.28. The lowest BCUT2D eigenvalue weighted by atomic mass is 10.1. The summed E-state index contributed by atoms with van der Waals surface area (Å²) in [7, 11) is 0.